The first kappa shape index (κ1) is 37.4. The number of isothiocyanates is 1. The van der Waals surface area contributed by atoms with Crippen molar-refractivity contribution in [1.29, 1.82) is 0 Å². The number of hydrogen-bond donors (Lipinski definition) is 5. The number of nitrogens with zero attached hydrogens (tertiary/aromatic N) is 6. The molecule has 5 N–H and O–H groups in total. The lowest BCUT2D eigenvalue weighted by Gasteiger charge is -2.37. The van der Waals surface area contributed by atoms with Gasteiger partial charge in [-0.2, -0.15) is 4.99 Å². The van der Waals surface area contributed by atoms with Crippen LogP contribution in [0.5, 0.6) is 0 Å². The summed E-state index contributed by atoms with van der Waals surface area (Å²) < 4.78 is 0. The number of carboxylic acid groups (broad SMARTS) is 5. The summed E-state index contributed by atoms with van der Waals surface area (Å²) in [5.41, 5.74) is 1.36. The van der Waals surface area contributed by atoms with Gasteiger partial charge in [0.2, 0.25) is 0 Å². The zero-order valence-corrected chi connectivity index (χ0v) is 25.7. The summed E-state index contributed by atoms with van der Waals surface area (Å²) in [7, 11) is 0. The topological polar surface area (TPSA) is 215 Å². The van der Waals surface area contributed by atoms with E-state index in [1.807, 2.05) is 4.90 Å². The van der Waals surface area contributed by atoms with Crippen molar-refractivity contribution < 1.29 is 49.5 Å². The van der Waals surface area contributed by atoms with Gasteiger partial charge in [0.1, 0.15) is 0 Å². The molecule has 1 saturated heterocycles. The highest BCUT2D eigenvalue weighted by molar-refractivity contribution is 7.78. The van der Waals surface area contributed by atoms with Gasteiger partial charge in [0.25, 0.3) is 0 Å². The summed E-state index contributed by atoms with van der Waals surface area (Å²) in [4.78, 5) is 70.4. The number of benzene rings is 1. The maximum absolute atomic E-state index is 11.8. The van der Waals surface area contributed by atoms with Gasteiger partial charge in [-0.1, -0.05) is 12.1 Å². The van der Waals surface area contributed by atoms with Gasteiger partial charge < -0.3 is 25.5 Å². The molecule has 0 saturated carbocycles. The van der Waals surface area contributed by atoms with Crippen molar-refractivity contribution in [2.24, 2.45) is 4.99 Å². The standard InChI is InChI=1S/C28H40N6O10S/c35-24(36)15-31-7-5-30(6-8-32(16-25(37)38)10-12-33(11-9-31)17-26(39)40)14-23(34(18-27(41)42)19-28(43)44)13-21-1-3-22(4-2-21)29-20-45/h1-4,23H,5-19H2,(H,35,36)(H,37,38)(H,39,40)(H,41,42)(H,43,44). The second-order valence-corrected chi connectivity index (χ2v) is 10.9. The Kier molecular flexibility index (Phi) is 16.2. The minimum Gasteiger partial charge on any atom is -0.480 e. The molecule has 1 heterocycles. The lowest BCUT2D eigenvalue weighted by molar-refractivity contribution is -0.143. The van der Waals surface area contributed by atoms with Crippen LogP contribution < -0.4 is 0 Å². The molecule has 17 heteroatoms. The van der Waals surface area contributed by atoms with Crippen molar-refractivity contribution in [3.05, 3.63) is 29.8 Å². The maximum atomic E-state index is 11.8. The number of aliphatic carboxylic acids is 5. The van der Waals surface area contributed by atoms with E-state index in [4.69, 9.17) is 0 Å². The van der Waals surface area contributed by atoms with Gasteiger partial charge in [0.05, 0.1) is 43.6 Å². The molecule has 0 radical (unpaired) electrons. The van der Waals surface area contributed by atoms with Gasteiger partial charge in [0.15, 0.2) is 0 Å². The molecule has 2 rings (SSSR count). The van der Waals surface area contributed by atoms with E-state index in [9.17, 15) is 49.5 Å². The summed E-state index contributed by atoms with van der Waals surface area (Å²) in [5.74, 6) is -5.57. The summed E-state index contributed by atoms with van der Waals surface area (Å²) in [5, 5.41) is 49.8. The SMILES string of the molecule is O=C(O)CN1CCN(CC(=O)O)CCN(CC(Cc2ccc(N=C=S)cc2)N(CC(=O)O)CC(=O)O)CCN(CC(=O)O)CC1. The molecule has 1 aliphatic rings. The van der Waals surface area contributed by atoms with Crippen molar-refractivity contribution in [3.8, 4) is 0 Å². The van der Waals surface area contributed by atoms with Crippen LogP contribution >= 0.6 is 12.2 Å². The van der Waals surface area contributed by atoms with Crippen LogP contribution in [0, 0.1) is 0 Å². The van der Waals surface area contributed by atoms with E-state index in [1.54, 1.807) is 39.0 Å². The quantitative estimate of drug-likeness (QED) is 0.110. The third-order valence-corrected chi connectivity index (χ3v) is 7.34. The fourth-order valence-electron chi connectivity index (χ4n) is 5.11. The number of carbonyl (C=O) groups is 5. The Morgan fingerprint density at radius 1 is 0.667 bits per heavy atom. The first-order chi connectivity index (χ1) is 21.3. The fourth-order valence-corrected chi connectivity index (χ4v) is 5.21. The summed E-state index contributed by atoms with van der Waals surface area (Å²) in [6.45, 7) is 0.407. The van der Waals surface area contributed by atoms with E-state index in [2.05, 4.69) is 22.4 Å². The molecule has 1 fully saturated rings. The van der Waals surface area contributed by atoms with Crippen LogP contribution in [0.4, 0.5) is 5.69 Å². The van der Waals surface area contributed by atoms with Crippen molar-refractivity contribution in [1.82, 2.24) is 24.5 Å². The zero-order valence-electron chi connectivity index (χ0n) is 24.9. The predicted octanol–water partition coefficient (Wildman–Crippen LogP) is -0.721. The van der Waals surface area contributed by atoms with Gasteiger partial charge in [-0.15, -0.1) is 0 Å². The Balaban J connectivity index is 2.40. The molecule has 45 heavy (non-hydrogen) atoms. The van der Waals surface area contributed by atoms with E-state index in [0.29, 0.717) is 18.8 Å². The Hall–Kier alpha value is -3.83. The average molecular weight is 653 g/mol. The minimum atomic E-state index is -1.20. The van der Waals surface area contributed by atoms with Crippen LogP contribution in [0.15, 0.2) is 29.3 Å². The normalized spacial score (nSPS) is 17.0. The number of carboxylic acids is 5. The van der Waals surface area contributed by atoms with E-state index in [-0.39, 0.29) is 71.9 Å². The van der Waals surface area contributed by atoms with Gasteiger partial charge in [-0.3, -0.25) is 48.5 Å². The third-order valence-electron chi connectivity index (χ3n) is 7.25. The van der Waals surface area contributed by atoms with Crippen LogP contribution in [0.25, 0.3) is 0 Å². The van der Waals surface area contributed by atoms with Crippen molar-refractivity contribution in [3.63, 3.8) is 0 Å². The first-order valence-electron chi connectivity index (χ1n) is 14.2. The molecule has 1 atom stereocenters. The van der Waals surface area contributed by atoms with Crippen LogP contribution in [0.1, 0.15) is 5.56 Å². The minimum absolute atomic E-state index is 0.202. The predicted molar refractivity (Wildman–Crippen MR) is 164 cm³/mol. The van der Waals surface area contributed by atoms with E-state index in [1.165, 1.54) is 4.90 Å². The van der Waals surface area contributed by atoms with E-state index >= 15 is 0 Å². The molecule has 1 unspecified atom stereocenters. The maximum Gasteiger partial charge on any atom is 0.317 e. The number of hydrogen-bond acceptors (Lipinski definition) is 12. The molecule has 1 aliphatic heterocycles. The first-order valence-corrected chi connectivity index (χ1v) is 14.6. The third kappa shape index (κ3) is 15.6. The molecule has 0 spiro atoms. The summed E-state index contributed by atoms with van der Waals surface area (Å²) in [6, 6.07) is 6.38. The van der Waals surface area contributed by atoms with Crippen molar-refractivity contribution in [2.45, 2.75) is 12.5 Å². The van der Waals surface area contributed by atoms with Crippen LogP contribution in [-0.4, -0.2) is 183 Å². The van der Waals surface area contributed by atoms with Gasteiger partial charge in [-0.25, -0.2) is 0 Å². The molecule has 1 aromatic carbocycles. The van der Waals surface area contributed by atoms with Crippen LogP contribution in [0.3, 0.4) is 0 Å². The van der Waals surface area contributed by atoms with E-state index in [0.717, 1.165) is 5.56 Å². The molecule has 248 valence electrons. The number of aliphatic imine (C=N–C) groups is 1. The highest BCUT2D eigenvalue weighted by Crippen LogP contribution is 2.17. The zero-order chi connectivity index (χ0) is 33.4. The summed E-state index contributed by atoms with van der Waals surface area (Å²) >= 11 is 4.64. The molecular formula is C28H40N6O10S. The monoisotopic (exact) mass is 652 g/mol. The van der Waals surface area contributed by atoms with Crippen molar-refractivity contribution in [2.75, 3.05) is 91.6 Å². The molecule has 0 bridgehead atoms. The Bertz CT molecular complexity index is 1160. The Labute approximate surface area is 265 Å². The Morgan fingerprint density at radius 2 is 1.04 bits per heavy atom. The smallest absolute Gasteiger partial charge is 0.317 e. The molecular weight excluding hydrogens is 612 g/mol. The number of thiocarbonyl (C=S) groups is 1. The van der Waals surface area contributed by atoms with Gasteiger partial charge >= 0.3 is 29.8 Å². The van der Waals surface area contributed by atoms with Crippen LogP contribution in [0.2, 0.25) is 0 Å². The number of rotatable bonds is 16. The van der Waals surface area contributed by atoms with Crippen molar-refractivity contribution >= 4 is 52.9 Å². The second-order valence-electron chi connectivity index (χ2n) is 10.7. The molecule has 16 nitrogen and oxygen atoms in total. The van der Waals surface area contributed by atoms with Gasteiger partial charge in [0, 0.05) is 64.9 Å². The average Bonchev–Trinajstić information content (AvgIpc) is 2.93. The Morgan fingerprint density at radius 3 is 1.38 bits per heavy atom. The van der Waals surface area contributed by atoms with Gasteiger partial charge in [-0.05, 0) is 36.3 Å². The fraction of sp³-hybridized carbons (Fsp3) is 0.571. The molecule has 0 aliphatic carbocycles. The van der Waals surface area contributed by atoms with E-state index < -0.39 is 49.0 Å². The lowest BCUT2D eigenvalue weighted by atomic mass is 10.0. The van der Waals surface area contributed by atoms with Crippen LogP contribution in [-0.2, 0) is 30.4 Å². The lowest BCUT2D eigenvalue weighted by Crippen LogP contribution is -2.53. The molecule has 0 aromatic heterocycles. The molecule has 0 amide bonds. The molecule has 1 aromatic rings. The highest BCUT2D eigenvalue weighted by atomic mass is 32.1. The highest BCUT2D eigenvalue weighted by Gasteiger charge is 2.27. The second kappa shape index (κ2) is 19.5. The largest absolute Gasteiger partial charge is 0.480 e. The summed E-state index contributed by atoms with van der Waals surface area (Å²) in [6.07, 6.45) is 0.278.